The second-order valence-electron chi connectivity index (χ2n) is 5.73. The third kappa shape index (κ3) is 2.83. The van der Waals surface area contributed by atoms with E-state index in [9.17, 15) is 0 Å². The summed E-state index contributed by atoms with van der Waals surface area (Å²) in [6.45, 7) is 0.963. The van der Waals surface area contributed by atoms with Gasteiger partial charge in [-0.3, -0.25) is 0 Å². The zero-order valence-electron chi connectivity index (χ0n) is 11.2. The van der Waals surface area contributed by atoms with Crippen molar-refractivity contribution in [2.45, 2.75) is 57.2 Å². The van der Waals surface area contributed by atoms with Crippen LogP contribution in [0.1, 0.15) is 44.1 Å². The van der Waals surface area contributed by atoms with Gasteiger partial charge in [0.25, 0.3) is 0 Å². The largest absolute Gasteiger partial charge is 0.357 e. The van der Waals surface area contributed by atoms with Gasteiger partial charge in [0, 0.05) is 31.9 Å². The maximum atomic E-state index is 4.61. The summed E-state index contributed by atoms with van der Waals surface area (Å²) in [6, 6.07) is 5.85. The molecule has 0 aromatic carbocycles. The molecule has 3 nitrogen and oxygen atoms in total. The molecule has 2 fully saturated rings. The lowest BCUT2D eigenvalue weighted by Crippen LogP contribution is -2.29. The van der Waals surface area contributed by atoms with Crippen LogP contribution in [0.2, 0.25) is 0 Å². The van der Waals surface area contributed by atoms with E-state index in [-0.39, 0.29) is 0 Å². The second kappa shape index (κ2) is 5.27. The standard InChI is InChI=1S/C15H23N3/c1-18(14-4-2-3-5-14)15-9-6-12(11-17-15)10-16-13-7-8-13/h6,9,11,13-14,16H,2-5,7-8,10H2,1H3. The van der Waals surface area contributed by atoms with Crippen molar-refractivity contribution in [1.29, 1.82) is 0 Å². The van der Waals surface area contributed by atoms with Gasteiger partial charge in [-0.25, -0.2) is 4.98 Å². The van der Waals surface area contributed by atoms with Crippen molar-refractivity contribution < 1.29 is 0 Å². The summed E-state index contributed by atoms with van der Waals surface area (Å²) in [5.74, 6) is 1.12. The van der Waals surface area contributed by atoms with Gasteiger partial charge in [0.1, 0.15) is 5.82 Å². The predicted octanol–water partition coefficient (Wildman–Crippen LogP) is 2.71. The van der Waals surface area contributed by atoms with Crippen LogP contribution < -0.4 is 10.2 Å². The number of rotatable bonds is 5. The van der Waals surface area contributed by atoms with Crippen LogP contribution in [0.5, 0.6) is 0 Å². The molecule has 0 amide bonds. The van der Waals surface area contributed by atoms with Crippen LogP contribution >= 0.6 is 0 Å². The average Bonchev–Trinajstić information content (AvgIpc) is 3.08. The number of hydrogen-bond donors (Lipinski definition) is 1. The van der Waals surface area contributed by atoms with Crippen LogP contribution in [0, 0.1) is 0 Å². The topological polar surface area (TPSA) is 28.2 Å². The first-order valence-corrected chi connectivity index (χ1v) is 7.24. The molecule has 0 bridgehead atoms. The summed E-state index contributed by atoms with van der Waals surface area (Å²) in [7, 11) is 2.18. The van der Waals surface area contributed by atoms with E-state index in [2.05, 4.69) is 34.4 Å². The molecule has 1 aromatic rings. The van der Waals surface area contributed by atoms with Gasteiger partial charge >= 0.3 is 0 Å². The molecule has 1 N–H and O–H groups in total. The van der Waals surface area contributed by atoms with E-state index in [4.69, 9.17) is 0 Å². The first kappa shape index (κ1) is 12.0. The molecule has 0 spiro atoms. The fourth-order valence-corrected chi connectivity index (χ4v) is 2.76. The molecule has 0 saturated heterocycles. The highest BCUT2D eigenvalue weighted by atomic mass is 15.2. The molecule has 2 aliphatic rings. The van der Waals surface area contributed by atoms with Crippen molar-refractivity contribution in [3.05, 3.63) is 23.9 Å². The zero-order valence-corrected chi connectivity index (χ0v) is 11.2. The smallest absolute Gasteiger partial charge is 0.128 e. The zero-order chi connectivity index (χ0) is 12.4. The molecule has 0 radical (unpaired) electrons. The van der Waals surface area contributed by atoms with Crippen LogP contribution in [-0.4, -0.2) is 24.1 Å². The van der Waals surface area contributed by atoms with Crippen molar-refractivity contribution in [2.24, 2.45) is 0 Å². The van der Waals surface area contributed by atoms with E-state index < -0.39 is 0 Å². The molecule has 0 unspecified atom stereocenters. The Balaban J connectivity index is 1.58. The molecule has 18 heavy (non-hydrogen) atoms. The highest BCUT2D eigenvalue weighted by molar-refractivity contribution is 5.39. The normalized spacial score (nSPS) is 20.3. The molecule has 2 aliphatic carbocycles. The molecule has 3 rings (SSSR count). The number of nitrogens with zero attached hydrogens (tertiary/aromatic N) is 2. The Labute approximate surface area is 110 Å². The van der Waals surface area contributed by atoms with E-state index in [1.54, 1.807) is 0 Å². The van der Waals surface area contributed by atoms with Crippen LogP contribution in [0.3, 0.4) is 0 Å². The quantitative estimate of drug-likeness (QED) is 0.864. The Morgan fingerprint density at radius 2 is 2.00 bits per heavy atom. The summed E-state index contributed by atoms with van der Waals surface area (Å²) in [6.07, 6.45) is 10.1. The van der Waals surface area contributed by atoms with E-state index in [0.29, 0.717) is 6.04 Å². The maximum absolute atomic E-state index is 4.61. The molecule has 1 aromatic heterocycles. The lowest BCUT2D eigenvalue weighted by molar-refractivity contribution is 0.645. The monoisotopic (exact) mass is 245 g/mol. The van der Waals surface area contributed by atoms with Gasteiger partial charge in [0.15, 0.2) is 0 Å². The fourth-order valence-electron chi connectivity index (χ4n) is 2.76. The third-order valence-corrected chi connectivity index (χ3v) is 4.22. The molecular formula is C15H23N3. The molecule has 0 atom stereocenters. The van der Waals surface area contributed by atoms with Crippen molar-refractivity contribution in [1.82, 2.24) is 10.3 Å². The Hall–Kier alpha value is -1.09. The minimum Gasteiger partial charge on any atom is -0.357 e. The van der Waals surface area contributed by atoms with E-state index >= 15 is 0 Å². The fraction of sp³-hybridized carbons (Fsp3) is 0.667. The molecule has 3 heteroatoms. The van der Waals surface area contributed by atoms with Gasteiger partial charge in [0.2, 0.25) is 0 Å². The van der Waals surface area contributed by atoms with E-state index in [0.717, 1.165) is 18.4 Å². The van der Waals surface area contributed by atoms with Gasteiger partial charge in [-0.1, -0.05) is 18.9 Å². The lowest BCUT2D eigenvalue weighted by atomic mass is 10.2. The van der Waals surface area contributed by atoms with Crippen LogP contribution in [-0.2, 0) is 6.54 Å². The predicted molar refractivity (Wildman–Crippen MR) is 74.8 cm³/mol. The number of anilines is 1. The Morgan fingerprint density at radius 3 is 2.61 bits per heavy atom. The first-order valence-electron chi connectivity index (χ1n) is 7.24. The summed E-state index contributed by atoms with van der Waals surface area (Å²) in [5.41, 5.74) is 1.30. The minimum atomic E-state index is 0.702. The average molecular weight is 245 g/mol. The van der Waals surface area contributed by atoms with Crippen molar-refractivity contribution in [3.8, 4) is 0 Å². The summed E-state index contributed by atoms with van der Waals surface area (Å²) in [4.78, 5) is 6.96. The molecule has 98 valence electrons. The number of nitrogens with one attached hydrogen (secondary N) is 1. The first-order chi connectivity index (χ1) is 8.83. The molecular weight excluding hydrogens is 222 g/mol. The van der Waals surface area contributed by atoms with Crippen molar-refractivity contribution >= 4 is 5.82 Å². The highest BCUT2D eigenvalue weighted by Gasteiger charge is 2.21. The van der Waals surface area contributed by atoms with Crippen LogP contribution in [0.25, 0.3) is 0 Å². The van der Waals surface area contributed by atoms with E-state index in [1.165, 1.54) is 44.1 Å². The van der Waals surface area contributed by atoms with Gasteiger partial charge in [-0.2, -0.15) is 0 Å². The minimum absolute atomic E-state index is 0.702. The van der Waals surface area contributed by atoms with Crippen molar-refractivity contribution in [2.75, 3.05) is 11.9 Å². The summed E-state index contributed by atoms with van der Waals surface area (Å²) >= 11 is 0. The van der Waals surface area contributed by atoms with Gasteiger partial charge in [0.05, 0.1) is 0 Å². The lowest BCUT2D eigenvalue weighted by Gasteiger charge is -2.25. The number of hydrogen-bond acceptors (Lipinski definition) is 3. The molecule has 2 saturated carbocycles. The highest BCUT2D eigenvalue weighted by Crippen LogP contribution is 2.25. The Morgan fingerprint density at radius 1 is 1.22 bits per heavy atom. The van der Waals surface area contributed by atoms with Crippen LogP contribution in [0.4, 0.5) is 5.82 Å². The van der Waals surface area contributed by atoms with E-state index in [1.807, 2.05) is 6.20 Å². The maximum Gasteiger partial charge on any atom is 0.128 e. The van der Waals surface area contributed by atoms with Gasteiger partial charge in [-0.05, 0) is 37.3 Å². The Bertz CT molecular complexity index is 377. The summed E-state index contributed by atoms with van der Waals surface area (Å²) < 4.78 is 0. The summed E-state index contributed by atoms with van der Waals surface area (Å²) in [5, 5.41) is 3.52. The Kier molecular flexibility index (Phi) is 3.50. The third-order valence-electron chi connectivity index (χ3n) is 4.22. The number of pyridine rings is 1. The SMILES string of the molecule is CN(c1ccc(CNC2CC2)cn1)C1CCCC1. The van der Waals surface area contributed by atoms with Gasteiger partial charge < -0.3 is 10.2 Å². The van der Waals surface area contributed by atoms with Gasteiger partial charge in [-0.15, -0.1) is 0 Å². The number of aromatic nitrogens is 1. The van der Waals surface area contributed by atoms with Crippen LogP contribution in [0.15, 0.2) is 18.3 Å². The second-order valence-corrected chi connectivity index (χ2v) is 5.73. The molecule has 0 aliphatic heterocycles. The molecule has 1 heterocycles. The van der Waals surface area contributed by atoms with Crippen molar-refractivity contribution in [3.63, 3.8) is 0 Å².